The number of nitrogens with one attached hydrogen (secondary N) is 1. The second-order valence-electron chi connectivity index (χ2n) is 7.92. The molecule has 1 atom stereocenters. The van der Waals surface area contributed by atoms with Gasteiger partial charge in [-0.3, -0.25) is 4.79 Å². The third-order valence-electron chi connectivity index (χ3n) is 5.45. The fourth-order valence-electron chi connectivity index (χ4n) is 3.83. The zero-order chi connectivity index (χ0) is 22.0. The zero-order valence-corrected chi connectivity index (χ0v) is 19.2. The van der Waals surface area contributed by atoms with Gasteiger partial charge in [-0.1, -0.05) is 29.8 Å². The lowest BCUT2D eigenvalue weighted by Gasteiger charge is -2.30. The predicted molar refractivity (Wildman–Crippen MR) is 122 cm³/mol. The normalized spacial score (nSPS) is 17.5. The first-order valence-corrected chi connectivity index (χ1v) is 12.5. The highest BCUT2D eigenvalue weighted by Crippen LogP contribution is 2.28. The highest BCUT2D eigenvalue weighted by atomic mass is 32.2. The van der Waals surface area contributed by atoms with Gasteiger partial charge in [-0.15, -0.1) is 11.3 Å². The molecule has 0 aliphatic carbocycles. The molecule has 0 bridgehead atoms. The van der Waals surface area contributed by atoms with E-state index in [1.54, 1.807) is 29.1 Å². The van der Waals surface area contributed by atoms with E-state index in [0.29, 0.717) is 36.0 Å². The number of piperidine rings is 1. The summed E-state index contributed by atoms with van der Waals surface area (Å²) in [6.07, 6.45) is 2.97. The van der Waals surface area contributed by atoms with Crippen LogP contribution in [0, 0.1) is 19.8 Å². The van der Waals surface area contributed by atoms with Crippen molar-refractivity contribution in [2.24, 2.45) is 5.92 Å². The van der Waals surface area contributed by atoms with Crippen LogP contribution < -0.4 is 5.32 Å². The van der Waals surface area contributed by atoms with Crippen LogP contribution in [0.1, 0.15) is 28.8 Å². The molecule has 1 aliphatic heterocycles. The van der Waals surface area contributed by atoms with E-state index < -0.39 is 15.9 Å². The van der Waals surface area contributed by atoms with Crippen molar-refractivity contribution in [1.29, 1.82) is 0 Å². The van der Waals surface area contributed by atoms with Crippen molar-refractivity contribution in [3.8, 4) is 0 Å². The fraction of sp³-hybridized carbons (Fsp3) is 0.364. The Bertz CT molecular complexity index is 1180. The van der Waals surface area contributed by atoms with E-state index in [4.69, 9.17) is 0 Å². The standard InChI is InChI=1S/C22H26N4O3S2/c1-16-5-3-6-18(13-16)14-26-20(10-11-23-26)24-22(27)19-7-4-12-25(15-19)31(28,29)21-9-8-17(2)30-21/h3,5-6,8-11,13,19H,4,7,12,14-15H2,1-2H3,(H,24,27)/t19-/m0/s1. The van der Waals surface area contributed by atoms with Crippen LogP contribution in [0.25, 0.3) is 0 Å². The molecule has 1 fully saturated rings. The summed E-state index contributed by atoms with van der Waals surface area (Å²) in [5, 5.41) is 7.29. The number of thiophene rings is 1. The number of benzene rings is 1. The van der Waals surface area contributed by atoms with Gasteiger partial charge >= 0.3 is 0 Å². The third kappa shape index (κ3) is 4.89. The Kier molecular flexibility index (Phi) is 6.27. The maximum atomic E-state index is 13.0. The van der Waals surface area contributed by atoms with Gasteiger partial charge in [0.2, 0.25) is 5.91 Å². The Morgan fingerprint density at radius 1 is 1.23 bits per heavy atom. The molecule has 0 unspecified atom stereocenters. The van der Waals surface area contributed by atoms with E-state index in [2.05, 4.69) is 16.5 Å². The topological polar surface area (TPSA) is 84.3 Å². The molecular weight excluding hydrogens is 432 g/mol. The summed E-state index contributed by atoms with van der Waals surface area (Å²) >= 11 is 1.26. The van der Waals surface area contributed by atoms with Crippen molar-refractivity contribution < 1.29 is 13.2 Å². The Morgan fingerprint density at radius 2 is 2.06 bits per heavy atom. The zero-order valence-electron chi connectivity index (χ0n) is 17.6. The van der Waals surface area contributed by atoms with Gasteiger partial charge in [-0.25, -0.2) is 13.1 Å². The quantitative estimate of drug-likeness (QED) is 0.611. The Labute approximate surface area is 186 Å². The van der Waals surface area contributed by atoms with Gasteiger partial charge in [0.15, 0.2) is 0 Å². The number of sulfonamides is 1. The first-order chi connectivity index (χ1) is 14.8. The molecule has 7 nitrogen and oxygen atoms in total. The summed E-state index contributed by atoms with van der Waals surface area (Å²) in [5.74, 6) is 0.0422. The van der Waals surface area contributed by atoms with E-state index in [1.807, 2.05) is 32.0 Å². The molecule has 9 heteroatoms. The van der Waals surface area contributed by atoms with Gasteiger partial charge in [-0.05, 0) is 44.4 Å². The molecule has 1 saturated heterocycles. The lowest BCUT2D eigenvalue weighted by atomic mass is 9.99. The number of nitrogens with zero attached hydrogens (tertiary/aromatic N) is 3. The number of rotatable bonds is 6. The molecule has 2 aromatic heterocycles. The van der Waals surface area contributed by atoms with Crippen LogP contribution in [0.3, 0.4) is 0 Å². The van der Waals surface area contributed by atoms with E-state index in [-0.39, 0.29) is 12.5 Å². The van der Waals surface area contributed by atoms with Crippen molar-refractivity contribution in [3.63, 3.8) is 0 Å². The first kappa shape index (κ1) is 21.7. The summed E-state index contributed by atoms with van der Waals surface area (Å²) in [5.41, 5.74) is 2.26. The monoisotopic (exact) mass is 458 g/mol. The number of aromatic nitrogens is 2. The Balaban J connectivity index is 1.44. The lowest BCUT2D eigenvalue weighted by molar-refractivity contribution is -0.120. The fourth-order valence-corrected chi connectivity index (χ4v) is 6.79. The Morgan fingerprint density at radius 3 is 2.81 bits per heavy atom. The molecule has 1 aliphatic rings. The highest BCUT2D eigenvalue weighted by molar-refractivity contribution is 7.91. The van der Waals surface area contributed by atoms with Gasteiger partial charge in [0.25, 0.3) is 10.0 Å². The van der Waals surface area contributed by atoms with Gasteiger partial charge in [0, 0.05) is 24.0 Å². The minimum atomic E-state index is -3.57. The number of hydrogen-bond donors (Lipinski definition) is 1. The second kappa shape index (κ2) is 8.94. The number of carbonyl (C=O) groups excluding carboxylic acids is 1. The number of amides is 1. The van der Waals surface area contributed by atoms with Crippen LogP contribution in [0.4, 0.5) is 5.82 Å². The van der Waals surface area contributed by atoms with E-state index >= 15 is 0 Å². The molecule has 4 rings (SSSR count). The van der Waals surface area contributed by atoms with Crippen molar-refractivity contribution in [3.05, 3.63) is 64.7 Å². The molecule has 1 amide bonds. The number of hydrogen-bond acceptors (Lipinski definition) is 5. The van der Waals surface area contributed by atoms with Crippen molar-refractivity contribution in [1.82, 2.24) is 14.1 Å². The van der Waals surface area contributed by atoms with Crippen molar-refractivity contribution >= 4 is 33.1 Å². The number of anilines is 1. The van der Waals surface area contributed by atoms with E-state index in [0.717, 1.165) is 10.4 Å². The minimum absolute atomic E-state index is 0.173. The van der Waals surface area contributed by atoms with Crippen molar-refractivity contribution in [2.75, 3.05) is 18.4 Å². The molecule has 0 spiro atoms. The molecule has 0 saturated carbocycles. The molecular formula is C22H26N4O3S2. The summed E-state index contributed by atoms with van der Waals surface area (Å²) in [6, 6.07) is 13.4. The molecule has 3 heterocycles. The molecule has 1 N–H and O–H groups in total. The minimum Gasteiger partial charge on any atom is -0.311 e. The van der Waals surface area contributed by atoms with Crippen molar-refractivity contribution in [2.45, 2.75) is 37.4 Å². The molecule has 31 heavy (non-hydrogen) atoms. The Hall–Kier alpha value is -2.49. The second-order valence-corrected chi connectivity index (χ2v) is 11.4. The number of carbonyl (C=O) groups is 1. The van der Waals surface area contributed by atoms with Crippen LogP contribution in [0.5, 0.6) is 0 Å². The number of aryl methyl sites for hydroxylation is 2. The maximum absolute atomic E-state index is 13.0. The van der Waals surface area contributed by atoms with E-state index in [9.17, 15) is 13.2 Å². The van der Waals surface area contributed by atoms with Gasteiger partial charge in [0.05, 0.1) is 18.7 Å². The highest BCUT2D eigenvalue weighted by Gasteiger charge is 2.34. The summed E-state index contributed by atoms with van der Waals surface area (Å²) in [6.45, 7) is 5.10. The average molecular weight is 459 g/mol. The average Bonchev–Trinajstić information content (AvgIpc) is 3.37. The van der Waals surface area contributed by atoms with Gasteiger partial charge < -0.3 is 5.32 Å². The maximum Gasteiger partial charge on any atom is 0.252 e. The third-order valence-corrected chi connectivity index (χ3v) is 8.78. The lowest BCUT2D eigenvalue weighted by Crippen LogP contribution is -2.43. The smallest absolute Gasteiger partial charge is 0.252 e. The van der Waals surface area contributed by atoms with E-state index in [1.165, 1.54) is 21.2 Å². The molecule has 164 valence electrons. The molecule has 1 aromatic carbocycles. The molecule has 3 aromatic rings. The van der Waals surface area contributed by atoms with Gasteiger partial charge in [0.1, 0.15) is 10.0 Å². The summed E-state index contributed by atoms with van der Waals surface area (Å²) in [4.78, 5) is 13.9. The predicted octanol–water partition coefficient (Wildman–Crippen LogP) is 3.65. The SMILES string of the molecule is Cc1cccc(Cn2nccc2NC(=O)[C@H]2CCCN(S(=O)(=O)c3ccc(C)s3)C2)c1. The van der Waals surface area contributed by atoms with Crippen LogP contribution in [0.2, 0.25) is 0 Å². The van der Waals surface area contributed by atoms with Gasteiger partial charge in [-0.2, -0.15) is 9.40 Å². The van der Waals surface area contributed by atoms with Crippen LogP contribution in [-0.2, 0) is 21.4 Å². The van der Waals surface area contributed by atoms with Crippen LogP contribution in [0.15, 0.2) is 52.9 Å². The summed E-state index contributed by atoms with van der Waals surface area (Å²) in [7, 11) is -3.57. The van der Waals surface area contributed by atoms with Crippen LogP contribution in [-0.4, -0.2) is 41.5 Å². The first-order valence-electron chi connectivity index (χ1n) is 10.3. The molecule has 0 radical (unpaired) electrons. The largest absolute Gasteiger partial charge is 0.311 e. The summed E-state index contributed by atoms with van der Waals surface area (Å²) < 4.78 is 29.4. The van der Waals surface area contributed by atoms with Crippen LogP contribution >= 0.6 is 11.3 Å².